The lowest BCUT2D eigenvalue weighted by atomic mass is 10.1. The number of hydrogen-bond acceptors (Lipinski definition) is 4. The Morgan fingerprint density at radius 2 is 2.20 bits per heavy atom. The van der Waals surface area contributed by atoms with Gasteiger partial charge in [0.2, 0.25) is 0 Å². The SMILES string of the molecule is CC(NCc1c(Cl)oc2ccccc12)c1nncn1C. The summed E-state index contributed by atoms with van der Waals surface area (Å²) < 4.78 is 7.43. The van der Waals surface area contributed by atoms with Crippen molar-refractivity contribution in [3.05, 3.63) is 47.2 Å². The van der Waals surface area contributed by atoms with Gasteiger partial charge in [-0.25, -0.2) is 0 Å². The van der Waals surface area contributed by atoms with Gasteiger partial charge >= 0.3 is 0 Å². The van der Waals surface area contributed by atoms with Crippen molar-refractivity contribution in [2.45, 2.75) is 19.5 Å². The molecule has 6 heteroatoms. The van der Waals surface area contributed by atoms with E-state index in [2.05, 4.69) is 15.5 Å². The highest BCUT2D eigenvalue weighted by atomic mass is 35.5. The summed E-state index contributed by atoms with van der Waals surface area (Å²) in [5.41, 5.74) is 1.77. The molecule has 1 aromatic carbocycles. The van der Waals surface area contributed by atoms with Crippen LogP contribution in [0, 0.1) is 0 Å². The summed E-state index contributed by atoms with van der Waals surface area (Å²) in [7, 11) is 1.92. The number of fused-ring (bicyclic) bond motifs is 1. The minimum absolute atomic E-state index is 0.0761. The number of nitrogens with one attached hydrogen (secondary N) is 1. The van der Waals surface area contributed by atoms with Crippen molar-refractivity contribution >= 4 is 22.6 Å². The fourth-order valence-electron chi connectivity index (χ4n) is 2.26. The van der Waals surface area contributed by atoms with Crippen molar-refractivity contribution in [3.63, 3.8) is 0 Å². The second-order valence-electron chi connectivity index (χ2n) is 4.75. The Morgan fingerprint density at radius 1 is 1.40 bits per heavy atom. The number of nitrogens with zero attached hydrogens (tertiary/aromatic N) is 3. The number of furan rings is 1. The molecule has 5 nitrogen and oxygen atoms in total. The van der Waals surface area contributed by atoms with Crippen LogP contribution in [0.3, 0.4) is 0 Å². The van der Waals surface area contributed by atoms with Gasteiger partial charge < -0.3 is 14.3 Å². The highest BCUT2D eigenvalue weighted by molar-refractivity contribution is 6.30. The highest BCUT2D eigenvalue weighted by Crippen LogP contribution is 2.29. The molecule has 0 spiro atoms. The standard InChI is InChI=1S/C14H15ClN4O/c1-9(14-18-17-8-19(14)2)16-7-11-10-5-3-4-6-12(10)20-13(11)15/h3-6,8-9,16H,7H2,1-2H3. The highest BCUT2D eigenvalue weighted by Gasteiger charge is 2.15. The number of hydrogen-bond donors (Lipinski definition) is 1. The van der Waals surface area contributed by atoms with Gasteiger partial charge in [0.15, 0.2) is 5.22 Å². The van der Waals surface area contributed by atoms with Crippen LogP contribution >= 0.6 is 11.6 Å². The van der Waals surface area contributed by atoms with Crippen LogP contribution in [0.15, 0.2) is 35.0 Å². The normalized spacial score (nSPS) is 12.9. The molecule has 1 unspecified atom stereocenters. The maximum Gasteiger partial charge on any atom is 0.199 e. The maximum atomic E-state index is 6.17. The molecule has 0 radical (unpaired) electrons. The molecule has 2 aromatic heterocycles. The molecule has 0 aliphatic heterocycles. The van der Waals surface area contributed by atoms with Crippen LogP contribution in [0.4, 0.5) is 0 Å². The largest absolute Gasteiger partial charge is 0.444 e. The van der Waals surface area contributed by atoms with Crippen LogP contribution in [0.5, 0.6) is 0 Å². The first-order valence-electron chi connectivity index (χ1n) is 6.40. The number of benzene rings is 1. The topological polar surface area (TPSA) is 55.9 Å². The Hall–Kier alpha value is -1.85. The lowest BCUT2D eigenvalue weighted by molar-refractivity contribution is 0.524. The maximum absolute atomic E-state index is 6.17. The smallest absolute Gasteiger partial charge is 0.199 e. The van der Waals surface area contributed by atoms with Crippen LogP contribution in [-0.2, 0) is 13.6 Å². The van der Waals surface area contributed by atoms with Crippen LogP contribution in [0.1, 0.15) is 24.4 Å². The molecular formula is C14H15ClN4O. The third-order valence-electron chi connectivity index (χ3n) is 3.37. The first-order chi connectivity index (χ1) is 9.66. The van der Waals surface area contributed by atoms with E-state index in [4.69, 9.17) is 16.0 Å². The lowest BCUT2D eigenvalue weighted by Crippen LogP contribution is -2.21. The summed E-state index contributed by atoms with van der Waals surface area (Å²) in [6.45, 7) is 2.66. The molecule has 0 fully saturated rings. The molecule has 104 valence electrons. The molecule has 3 aromatic rings. The van der Waals surface area contributed by atoms with Gasteiger partial charge in [-0.2, -0.15) is 0 Å². The Labute approximate surface area is 121 Å². The van der Waals surface area contributed by atoms with E-state index in [9.17, 15) is 0 Å². The van der Waals surface area contributed by atoms with Gasteiger partial charge in [0, 0.05) is 24.5 Å². The average molecular weight is 291 g/mol. The Kier molecular flexibility index (Phi) is 3.46. The van der Waals surface area contributed by atoms with E-state index in [0.29, 0.717) is 11.8 Å². The summed E-state index contributed by atoms with van der Waals surface area (Å²) in [5.74, 6) is 0.883. The Bertz CT molecular complexity index is 734. The lowest BCUT2D eigenvalue weighted by Gasteiger charge is -2.12. The zero-order valence-electron chi connectivity index (χ0n) is 11.3. The fourth-order valence-corrected chi connectivity index (χ4v) is 2.52. The molecule has 0 aliphatic carbocycles. The van der Waals surface area contributed by atoms with Crippen molar-refractivity contribution in [2.75, 3.05) is 0 Å². The van der Waals surface area contributed by atoms with Gasteiger partial charge in [-0.05, 0) is 24.6 Å². The van der Waals surface area contributed by atoms with E-state index in [1.807, 2.05) is 42.8 Å². The molecule has 0 amide bonds. The first-order valence-corrected chi connectivity index (χ1v) is 6.78. The monoisotopic (exact) mass is 290 g/mol. The molecule has 0 bridgehead atoms. The number of para-hydroxylation sites is 1. The van der Waals surface area contributed by atoms with E-state index in [-0.39, 0.29) is 6.04 Å². The van der Waals surface area contributed by atoms with Crippen molar-refractivity contribution in [2.24, 2.45) is 7.05 Å². The number of aryl methyl sites for hydroxylation is 1. The number of halogens is 1. The van der Waals surface area contributed by atoms with E-state index in [1.54, 1.807) is 6.33 Å². The van der Waals surface area contributed by atoms with Gasteiger partial charge in [-0.3, -0.25) is 0 Å². The van der Waals surface area contributed by atoms with E-state index < -0.39 is 0 Å². The van der Waals surface area contributed by atoms with Crippen LogP contribution in [0.2, 0.25) is 5.22 Å². The quantitative estimate of drug-likeness (QED) is 0.802. The van der Waals surface area contributed by atoms with Gasteiger partial charge in [0.05, 0.1) is 6.04 Å². The average Bonchev–Trinajstić information content (AvgIpc) is 2.99. The summed E-state index contributed by atoms with van der Waals surface area (Å²) in [6.07, 6.45) is 1.69. The Balaban J connectivity index is 1.80. The van der Waals surface area contributed by atoms with Crippen molar-refractivity contribution in [1.82, 2.24) is 20.1 Å². The van der Waals surface area contributed by atoms with E-state index >= 15 is 0 Å². The van der Waals surface area contributed by atoms with Crippen molar-refractivity contribution in [1.29, 1.82) is 0 Å². The molecule has 0 saturated heterocycles. The zero-order chi connectivity index (χ0) is 14.1. The zero-order valence-corrected chi connectivity index (χ0v) is 12.1. The predicted molar refractivity (Wildman–Crippen MR) is 77.5 cm³/mol. The van der Waals surface area contributed by atoms with Gasteiger partial charge in [-0.1, -0.05) is 18.2 Å². The first kappa shape index (κ1) is 13.1. The minimum Gasteiger partial charge on any atom is -0.444 e. The Morgan fingerprint density at radius 3 is 2.95 bits per heavy atom. The number of rotatable bonds is 4. The molecule has 3 rings (SSSR count). The second kappa shape index (κ2) is 5.26. The molecule has 1 atom stereocenters. The van der Waals surface area contributed by atoms with Crippen LogP contribution in [0.25, 0.3) is 11.0 Å². The summed E-state index contributed by atoms with van der Waals surface area (Å²) in [4.78, 5) is 0. The van der Waals surface area contributed by atoms with Crippen molar-refractivity contribution < 1.29 is 4.42 Å². The molecular weight excluding hydrogens is 276 g/mol. The van der Waals surface area contributed by atoms with Crippen LogP contribution in [-0.4, -0.2) is 14.8 Å². The second-order valence-corrected chi connectivity index (χ2v) is 5.10. The van der Waals surface area contributed by atoms with E-state index in [0.717, 1.165) is 22.4 Å². The third-order valence-corrected chi connectivity index (χ3v) is 3.67. The van der Waals surface area contributed by atoms with Crippen molar-refractivity contribution in [3.8, 4) is 0 Å². The number of aromatic nitrogens is 3. The molecule has 20 heavy (non-hydrogen) atoms. The van der Waals surface area contributed by atoms with Gasteiger partial charge in [0.1, 0.15) is 17.7 Å². The van der Waals surface area contributed by atoms with E-state index in [1.165, 1.54) is 0 Å². The minimum atomic E-state index is 0.0761. The molecule has 2 heterocycles. The van der Waals surface area contributed by atoms with Crippen LogP contribution < -0.4 is 5.32 Å². The summed E-state index contributed by atoms with van der Waals surface area (Å²) >= 11 is 6.17. The molecule has 1 N–H and O–H groups in total. The fraction of sp³-hybridized carbons (Fsp3) is 0.286. The van der Waals surface area contributed by atoms with Gasteiger partial charge in [-0.15, -0.1) is 10.2 Å². The predicted octanol–water partition coefficient (Wildman–Crippen LogP) is 3.07. The molecule has 0 aliphatic rings. The van der Waals surface area contributed by atoms with Gasteiger partial charge in [0.25, 0.3) is 0 Å². The summed E-state index contributed by atoms with van der Waals surface area (Å²) in [5, 5.41) is 12.8. The third kappa shape index (κ3) is 2.30. The summed E-state index contributed by atoms with van der Waals surface area (Å²) in [6, 6.07) is 7.91. The molecule has 0 saturated carbocycles.